The average Bonchev–Trinajstić information content (AvgIpc) is 2.38. The lowest BCUT2D eigenvalue weighted by atomic mass is 10.3. The van der Waals surface area contributed by atoms with E-state index < -0.39 is 25.5 Å². The predicted octanol–water partition coefficient (Wildman–Crippen LogP) is 1.84. The first-order valence-electron chi connectivity index (χ1n) is 5.14. The van der Waals surface area contributed by atoms with Crippen molar-refractivity contribution in [2.45, 2.75) is 4.90 Å². The third-order valence-corrected chi connectivity index (χ3v) is 3.83. The molecule has 1 N–H and O–H groups in total. The number of hydrogen-bond acceptors (Lipinski definition) is 6. The third-order valence-electron chi connectivity index (χ3n) is 2.22. The standard InChI is InChI=1S/C10H7ClN4O4S/c11-9-5-10(13-6-12-9)14-20(18,19)8-4-2-1-3-7(8)15(16)17/h1-6H,(H,12,13,14). The minimum Gasteiger partial charge on any atom is -0.263 e. The maximum Gasteiger partial charge on any atom is 0.289 e. The highest BCUT2D eigenvalue weighted by Gasteiger charge is 2.25. The summed E-state index contributed by atoms with van der Waals surface area (Å²) >= 11 is 5.61. The summed E-state index contributed by atoms with van der Waals surface area (Å²) in [6.45, 7) is 0. The van der Waals surface area contributed by atoms with Crippen molar-refractivity contribution in [1.29, 1.82) is 0 Å². The van der Waals surface area contributed by atoms with Crippen LogP contribution in [0, 0.1) is 10.1 Å². The van der Waals surface area contributed by atoms with Gasteiger partial charge in [0.2, 0.25) is 0 Å². The van der Waals surface area contributed by atoms with E-state index in [0.29, 0.717) is 0 Å². The van der Waals surface area contributed by atoms with E-state index in [1.165, 1.54) is 18.2 Å². The molecule has 0 saturated carbocycles. The molecule has 0 unspecified atom stereocenters. The number of halogens is 1. The Bertz CT molecular complexity index is 765. The molecular formula is C10H7ClN4O4S. The third kappa shape index (κ3) is 3.00. The lowest BCUT2D eigenvalue weighted by Gasteiger charge is -2.07. The highest BCUT2D eigenvalue weighted by Crippen LogP contribution is 2.24. The number of sulfonamides is 1. The number of nitrogens with one attached hydrogen (secondary N) is 1. The van der Waals surface area contributed by atoms with Crippen molar-refractivity contribution in [3.05, 3.63) is 51.9 Å². The SMILES string of the molecule is O=[N+]([O-])c1ccccc1S(=O)(=O)Nc1cc(Cl)ncn1. The highest BCUT2D eigenvalue weighted by atomic mass is 35.5. The summed E-state index contributed by atoms with van der Waals surface area (Å²) in [7, 11) is -4.15. The van der Waals surface area contributed by atoms with E-state index >= 15 is 0 Å². The number of hydrogen-bond donors (Lipinski definition) is 1. The molecular weight excluding hydrogens is 308 g/mol. The Morgan fingerprint density at radius 2 is 1.95 bits per heavy atom. The van der Waals surface area contributed by atoms with Crippen molar-refractivity contribution in [2.24, 2.45) is 0 Å². The highest BCUT2D eigenvalue weighted by molar-refractivity contribution is 7.92. The molecule has 2 rings (SSSR count). The van der Waals surface area contributed by atoms with Crippen LogP contribution in [0.3, 0.4) is 0 Å². The summed E-state index contributed by atoms with van der Waals surface area (Å²) in [5.74, 6) is -0.0804. The number of para-hydroxylation sites is 1. The molecule has 0 amide bonds. The van der Waals surface area contributed by atoms with Gasteiger partial charge in [-0.1, -0.05) is 23.7 Å². The first kappa shape index (κ1) is 14.2. The van der Waals surface area contributed by atoms with Gasteiger partial charge in [-0.15, -0.1) is 0 Å². The Hall–Kier alpha value is -2.26. The molecule has 1 aromatic heterocycles. The van der Waals surface area contributed by atoms with E-state index in [0.717, 1.165) is 18.5 Å². The topological polar surface area (TPSA) is 115 Å². The van der Waals surface area contributed by atoms with Crippen LogP contribution in [0.2, 0.25) is 5.15 Å². The molecule has 104 valence electrons. The summed E-state index contributed by atoms with van der Waals surface area (Å²) in [6, 6.07) is 6.17. The zero-order chi connectivity index (χ0) is 14.8. The van der Waals surface area contributed by atoms with Crippen LogP contribution in [0.1, 0.15) is 0 Å². The van der Waals surface area contributed by atoms with Crippen molar-refractivity contribution in [3.8, 4) is 0 Å². The Labute approximate surface area is 118 Å². The van der Waals surface area contributed by atoms with Gasteiger partial charge in [-0.2, -0.15) is 0 Å². The number of benzene rings is 1. The van der Waals surface area contributed by atoms with E-state index in [9.17, 15) is 18.5 Å². The van der Waals surface area contributed by atoms with E-state index in [4.69, 9.17) is 11.6 Å². The van der Waals surface area contributed by atoms with Gasteiger partial charge in [0.1, 0.15) is 17.3 Å². The lowest BCUT2D eigenvalue weighted by Crippen LogP contribution is -2.15. The molecule has 0 aliphatic carbocycles. The van der Waals surface area contributed by atoms with Crippen LogP contribution in [0.5, 0.6) is 0 Å². The molecule has 20 heavy (non-hydrogen) atoms. The lowest BCUT2D eigenvalue weighted by molar-refractivity contribution is -0.387. The molecule has 2 aromatic rings. The van der Waals surface area contributed by atoms with Gasteiger partial charge in [-0.05, 0) is 6.07 Å². The van der Waals surface area contributed by atoms with Crippen LogP contribution >= 0.6 is 11.6 Å². The van der Waals surface area contributed by atoms with Gasteiger partial charge >= 0.3 is 0 Å². The normalized spacial score (nSPS) is 11.1. The van der Waals surface area contributed by atoms with Crippen molar-refractivity contribution in [2.75, 3.05) is 4.72 Å². The second-order valence-electron chi connectivity index (χ2n) is 3.56. The summed E-state index contributed by atoms with van der Waals surface area (Å²) in [6.07, 6.45) is 1.07. The van der Waals surface area contributed by atoms with Gasteiger partial charge in [0.25, 0.3) is 15.7 Å². The number of rotatable bonds is 4. The zero-order valence-corrected chi connectivity index (χ0v) is 11.3. The Kier molecular flexibility index (Phi) is 3.81. The molecule has 1 aromatic carbocycles. The van der Waals surface area contributed by atoms with Gasteiger partial charge in [-0.25, -0.2) is 18.4 Å². The molecule has 0 saturated heterocycles. The molecule has 0 atom stereocenters. The predicted molar refractivity (Wildman–Crippen MR) is 70.9 cm³/mol. The van der Waals surface area contributed by atoms with Crippen molar-refractivity contribution >= 4 is 33.1 Å². The first-order valence-corrected chi connectivity index (χ1v) is 7.00. The van der Waals surface area contributed by atoms with Crippen molar-refractivity contribution in [1.82, 2.24) is 9.97 Å². The van der Waals surface area contributed by atoms with E-state index in [1.807, 2.05) is 0 Å². The molecule has 8 nitrogen and oxygen atoms in total. The molecule has 0 aliphatic heterocycles. The van der Waals surface area contributed by atoms with Crippen LogP contribution in [0.4, 0.5) is 11.5 Å². The fraction of sp³-hybridized carbons (Fsp3) is 0. The maximum atomic E-state index is 12.1. The largest absolute Gasteiger partial charge is 0.289 e. The molecule has 0 aliphatic rings. The minimum absolute atomic E-state index is 0.0419. The molecule has 0 fully saturated rings. The van der Waals surface area contributed by atoms with Crippen LogP contribution in [0.25, 0.3) is 0 Å². The monoisotopic (exact) mass is 314 g/mol. The zero-order valence-electron chi connectivity index (χ0n) is 9.72. The van der Waals surface area contributed by atoms with E-state index in [1.54, 1.807) is 0 Å². The minimum atomic E-state index is -4.15. The maximum absolute atomic E-state index is 12.1. The summed E-state index contributed by atoms with van der Waals surface area (Å²) in [5.41, 5.74) is -0.528. The van der Waals surface area contributed by atoms with Crippen LogP contribution < -0.4 is 4.72 Å². The van der Waals surface area contributed by atoms with Gasteiger partial charge < -0.3 is 0 Å². The summed E-state index contributed by atoms with van der Waals surface area (Å²) in [5, 5.41) is 10.9. The van der Waals surface area contributed by atoms with Crippen LogP contribution in [-0.4, -0.2) is 23.3 Å². The van der Waals surface area contributed by atoms with Crippen molar-refractivity contribution < 1.29 is 13.3 Å². The number of nitro benzene ring substituents is 1. The number of nitro groups is 1. The second-order valence-corrected chi connectivity index (χ2v) is 5.59. The molecule has 10 heteroatoms. The molecule has 0 bridgehead atoms. The molecule has 1 heterocycles. The van der Waals surface area contributed by atoms with Gasteiger partial charge in [0.15, 0.2) is 4.90 Å². The molecule has 0 radical (unpaired) electrons. The number of anilines is 1. The smallest absolute Gasteiger partial charge is 0.263 e. The van der Waals surface area contributed by atoms with Crippen LogP contribution in [0.15, 0.2) is 41.6 Å². The fourth-order valence-corrected chi connectivity index (χ4v) is 2.74. The van der Waals surface area contributed by atoms with Crippen molar-refractivity contribution in [3.63, 3.8) is 0 Å². The van der Waals surface area contributed by atoms with E-state index in [2.05, 4.69) is 14.7 Å². The van der Waals surface area contributed by atoms with E-state index in [-0.39, 0.29) is 11.0 Å². The molecule has 0 spiro atoms. The Morgan fingerprint density at radius 3 is 2.60 bits per heavy atom. The Morgan fingerprint density at radius 1 is 1.25 bits per heavy atom. The first-order chi connectivity index (χ1) is 9.40. The van der Waals surface area contributed by atoms with Crippen LogP contribution in [-0.2, 0) is 10.0 Å². The number of aromatic nitrogens is 2. The quantitative estimate of drug-likeness (QED) is 0.523. The summed E-state index contributed by atoms with van der Waals surface area (Å²) in [4.78, 5) is 16.9. The summed E-state index contributed by atoms with van der Waals surface area (Å²) < 4.78 is 26.3. The Balaban J connectivity index is 2.44. The van der Waals surface area contributed by atoms with Gasteiger partial charge in [0.05, 0.1) is 4.92 Å². The number of nitrogens with zero attached hydrogens (tertiary/aromatic N) is 3. The van der Waals surface area contributed by atoms with Gasteiger partial charge in [-0.3, -0.25) is 14.8 Å². The fourth-order valence-electron chi connectivity index (χ4n) is 1.42. The van der Waals surface area contributed by atoms with Gasteiger partial charge in [0, 0.05) is 12.1 Å². The second kappa shape index (κ2) is 5.39. The average molecular weight is 315 g/mol.